The van der Waals surface area contributed by atoms with Crippen LogP contribution < -0.4 is 10.6 Å². The topological polar surface area (TPSA) is 95.5 Å². The smallest absolute Gasteiger partial charge is 0.328 e. The molecule has 0 spiro atoms. The zero-order chi connectivity index (χ0) is 14.2. The lowest BCUT2D eigenvalue weighted by molar-refractivity contribution is -0.123. The van der Waals surface area contributed by atoms with Gasteiger partial charge >= 0.3 is 6.03 Å². The number of carbonyl (C=O) groups is 3. The molecule has 1 fully saturated rings. The number of imide groups is 2. The number of halogens is 2. The van der Waals surface area contributed by atoms with E-state index in [1.165, 1.54) is 18.2 Å². The molecule has 4 amide bonds. The van der Waals surface area contributed by atoms with Crippen LogP contribution in [-0.4, -0.2) is 23.0 Å². The van der Waals surface area contributed by atoms with Crippen molar-refractivity contribution >= 4 is 58.1 Å². The first-order chi connectivity index (χ1) is 8.88. The maximum absolute atomic E-state index is 11.5. The predicted molar refractivity (Wildman–Crippen MR) is 75.5 cm³/mol. The van der Waals surface area contributed by atoms with E-state index in [4.69, 9.17) is 11.6 Å². The molecule has 1 aromatic rings. The van der Waals surface area contributed by atoms with Crippen LogP contribution in [0.25, 0.3) is 6.08 Å². The first-order valence-electron chi connectivity index (χ1n) is 4.95. The van der Waals surface area contributed by atoms with Crippen molar-refractivity contribution in [2.75, 3.05) is 0 Å². The Morgan fingerprint density at radius 2 is 1.74 bits per heavy atom. The summed E-state index contributed by atoms with van der Waals surface area (Å²) in [6, 6.07) is 2.06. The Labute approximate surface area is 126 Å². The molecule has 0 bridgehead atoms. The SMILES string of the molecule is O=C1NC(=O)C(=Cc2cc(Cl)cc(I)c2O)C(=O)N1. The van der Waals surface area contributed by atoms with Gasteiger partial charge in [-0.2, -0.15) is 0 Å². The Balaban J connectivity index is 2.49. The fourth-order valence-corrected chi connectivity index (χ4v) is 2.52. The van der Waals surface area contributed by atoms with Gasteiger partial charge in [-0.05, 0) is 40.8 Å². The Bertz CT molecular complexity index is 620. The second-order valence-corrected chi connectivity index (χ2v) is 5.22. The van der Waals surface area contributed by atoms with Gasteiger partial charge < -0.3 is 5.11 Å². The van der Waals surface area contributed by atoms with Crippen LogP contribution >= 0.6 is 34.2 Å². The second-order valence-electron chi connectivity index (χ2n) is 3.62. The first-order valence-corrected chi connectivity index (χ1v) is 6.40. The molecule has 3 N–H and O–H groups in total. The molecule has 6 nitrogen and oxygen atoms in total. The molecule has 8 heteroatoms. The zero-order valence-electron chi connectivity index (χ0n) is 9.16. The van der Waals surface area contributed by atoms with E-state index in [9.17, 15) is 19.5 Å². The average molecular weight is 393 g/mol. The summed E-state index contributed by atoms with van der Waals surface area (Å²) in [5, 5.41) is 14.1. The quantitative estimate of drug-likeness (QED) is 0.382. The highest BCUT2D eigenvalue weighted by atomic mass is 127. The Kier molecular flexibility index (Phi) is 3.76. The van der Waals surface area contributed by atoms with Gasteiger partial charge in [-0.3, -0.25) is 20.2 Å². The molecule has 98 valence electrons. The zero-order valence-corrected chi connectivity index (χ0v) is 12.1. The standard InChI is InChI=1S/C11H6ClIN2O4/c12-5-1-4(8(16)7(13)3-5)2-6-9(17)14-11(19)15-10(6)18/h1-3,16H,(H2,14,15,17,18,19). The first kappa shape index (κ1) is 13.8. The van der Waals surface area contributed by atoms with E-state index in [1.807, 2.05) is 33.2 Å². The number of hydrogen-bond donors (Lipinski definition) is 3. The van der Waals surface area contributed by atoms with Crippen LogP contribution in [0.2, 0.25) is 5.02 Å². The van der Waals surface area contributed by atoms with Crippen molar-refractivity contribution in [1.29, 1.82) is 0 Å². The summed E-state index contributed by atoms with van der Waals surface area (Å²) in [4.78, 5) is 33.9. The van der Waals surface area contributed by atoms with Gasteiger partial charge in [-0.1, -0.05) is 11.6 Å². The van der Waals surface area contributed by atoms with Crippen molar-refractivity contribution < 1.29 is 19.5 Å². The maximum Gasteiger partial charge on any atom is 0.328 e. The number of rotatable bonds is 1. The molecule has 1 aliphatic rings. The van der Waals surface area contributed by atoms with E-state index in [-0.39, 0.29) is 16.9 Å². The summed E-state index contributed by atoms with van der Waals surface area (Å²) in [6.07, 6.45) is 1.17. The third kappa shape index (κ3) is 2.87. The van der Waals surface area contributed by atoms with Gasteiger partial charge in [0, 0.05) is 10.6 Å². The number of amides is 4. The van der Waals surface area contributed by atoms with Crippen LogP contribution in [-0.2, 0) is 9.59 Å². The van der Waals surface area contributed by atoms with Crippen molar-refractivity contribution in [3.05, 3.63) is 31.9 Å². The fraction of sp³-hybridized carbons (Fsp3) is 0. The van der Waals surface area contributed by atoms with Gasteiger partial charge in [-0.15, -0.1) is 0 Å². The average Bonchev–Trinajstić information content (AvgIpc) is 2.29. The third-order valence-corrected chi connectivity index (χ3v) is 3.34. The molecule has 0 aromatic heterocycles. The highest BCUT2D eigenvalue weighted by Crippen LogP contribution is 2.30. The summed E-state index contributed by atoms with van der Waals surface area (Å²) in [5.41, 5.74) is -0.0699. The number of phenols is 1. The minimum Gasteiger partial charge on any atom is -0.506 e. The molecule has 1 heterocycles. The largest absolute Gasteiger partial charge is 0.506 e. The summed E-state index contributed by atoms with van der Waals surface area (Å²) in [5.74, 6) is -1.76. The predicted octanol–water partition coefficient (Wildman–Crippen LogP) is 1.40. The lowest BCUT2D eigenvalue weighted by Crippen LogP contribution is -2.51. The Morgan fingerprint density at radius 3 is 2.32 bits per heavy atom. The summed E-state index contributed by atoms with van der Waals surface area (Å²) in [7, 11) is 0. The molecule has 1 aromatic carbocycles. The minimum absolute atomic E-state index is 0.102. The van der Waals surface area contributed by atoms with Crippen LogP contribution in [0.1, 0.15) is 5.56 Å². The number of benzene rings is 1. The molecular weight excluding hydrogens is 386 g/mol. The number of nitrogens with one attached hydrogen (secondary N) is 2. The molecule has 0 radical (unpaired) electrons. The molecule has 0 saturated carbocycles. The molecular formula is C11H6ClIN2O4. The van der Waals surface area contributed by atoms with Crippen LogP contribution in [0.15, 0.2) is 17.7 Å². The second kappa shape index (κ2) is 5.17. The number of carbonyl (C=O) groups excluding carboxylic acids is 3. The molecule has 0 aliphatic carbocycles. The molecule has 0 unspecified atom stereocenters. The normalized spacial score (nSPS) is 15.1. The number of aromatic hydroxyl groups is 1. The van der Waals surface area contributed by atoms with Crippen molar-refractivity contribution in [2.45, 2.75) is 0 Å². The van der Waals surface area contributed by atoms with Crippen LogP contribution in [0, 0.1) is 3.57 Å². The van der Waals surface area contributed by atoms with Crippen LogP contribution in [0.4, 0.5) is 4.79 Å². The lowest BCUT2D eigenvalue weighted by atomic mass is 10.1. The van der Waals surface area contributed by atoms with Crippen molar-refractivity contribution in [3.63, 3.8) is 0 Å². The van der Waals surface area contributed by atoms with E-state index >= 15 is 0 Å². The number of phenolic OH excluding ortho intramolecular Hbond substituents is 1. The monoisotopic (exact) mass is 392 g/mol. The van der Waals surface area contributed by atoms with Crippen molar-refractivity contribution in [3.8, 4) is 5.75 Å². The van der Waals surface area contributed by atoms with Crippen molar-refractivity contribution in [2.24, 2.45) is 0 Å². The molecule has 1 saturated heterocycles. The van der Waals surface area contributed by atoms with Crippen LogP contribution in [0.3, 0.4) is 0 Å². The summed E-state index contributed by atoms with van der Waals surface area (Å²) < 4.78 is 0.477. The van der Waals surface area contributed by atoms with E-state index in [0.717, 1.165) is 0 Å². The van der Waals surface area contributed by atoms with Gasteiger partial charge in [0.05, 0.1) is 3.57 Å². The lowest BCUT2D eigenvalue weighted by Gasteiger charge is -2.14. The number of hydrogen-bond acceptors (Lipinski definition) is 4. The Hall–Kier alpha value is -1.61. The number of barbiturate groups is 1. The molecule has 0 atom stereocenters. The third-order valence-electron chi connectivity index (χ3n) is 2.30. The van der Waals surface area contributed by atoms with E-state index < -0.39 is 17.8 Å². The van der Waals surface area contributed by atoms with Crippen LogP contribution in [0.5, 0.6) is 5.75 Å². The van der Waals surface area contributed by atoms with Crippen molar-refractivity contribution in [1.82, 2.24) is 10.6 Å². The molecule has 1 aliphatic heterocycles. The van der Waals surface area contributed by atoms with Gasteiger partial charge in [-0.25, -0.2) is 4.79 Å². The maximum atomic E-state index is 11.5. The fourth-order valence-electron chi connectivity index (χ4n) is 1.46. The minimum atomic E-state index is -0.878. The Morgan fingerprint density at radius 1 is 1.16 bits per heavy atom. The van der Waals surface area contributed by atoms with E-state index in [2.05, 4.69) is 0 Å². The molecule has 19 heavy (non-hydrogen) atoms. The van der Waals surface area contributed by atoms with Gasteiger partial charge in [0.25, 0.3) is 11.8 Å². The summed E-state index contributed by atoms with van der Waals surface area (Å²) >= 11 is 7.70. The van der Waals surface area contributed by atoms with E-state index in [0.29, 0.717) is 8.59 Å². The summed E-state index contributed by atoms with van der Waals surface area (Å²) in [6.45, 7) is 0. The number of urea groups is 1. The molecule has 2 rings (SSSR count). The van der Waals surface area contributed by atoms with Gasteiger partial charge in [0.15, 0.2) is 0 Å². The highest BCUT2D eigenvalue weighted by molar-refractivity contribution is 14.1. The van der Waals surface area contributed by atoms with Gasteiger partial charge in [0.2, 0.25) is 0 Å². The van der Waals surface area contributed by atoms with E-state index in [1.54, 1.807) is 0 Å². The van der Waals surface area contributed by atoms with Gasteiger partial charge in [0.1, 0.15) is 11.3 Å². The highest BCUT2D eigenvalue weighted by Gasteiger charge is 2.28.